The molecule has 0 saturated carbocycles. The van der Waals surface area contributed by atoms with E-state index in [1.54, 1.807) is 11.3 Å². The molecule has 0 amide bonds. The molecule has 1 heterocycles. The highest BCUT2D eigenvalue weighted by Gasteiger charge is 2.05. The molecule has 2 aromatic rings. The Morgan fingerprint density at radius 3 is 2.81 bits per heavy atom. The minimum Gasteiger partial charge on any atom is -0.365 e. The van der Waals surface area contributed by atoms with Crippen LogP contribution in [0.4, 0.5) is 5.13 Å². The molecule has 0 aliphatic heterocycles. The van der Waals surface area contributed by atoms with E-state index < -0.39 is 0 Å². The first-order valence-corrected chi connectivity index (χ1v) is 5.77. The zero-order chi connectivity index (χ0) is 11.5. The zero-order valence-electron chi connectivity index (χ0n) is 9.11. The average molecular weight is 229 g/mol. The molecule has 2 rings (SSSR count). The van der Waals surface area contributed by atoms with E-state index in [2.05, 4.69) is 16.4 Å². The number of rotatable bonds is 2. The topological polar surface area (TPSA) is 48.7 Å². The molecule has 80 valence electrons. The summed E-state index contributed by atoms with van der Waals surface area (Å²) < 4.78 is 0. The van der Waals surface area contributed by atoms with E-state index in [1.807, 2.05) is 37.6 Å². The van der Waals surface area contributed by atoms with Crippen molar-refractivity contribution in [2.24, 2.45) is 0 Å². The maximum atomic E-state index is 8.85. The molecule has 0 spiro atoms. The molecule has 0 saturated heterocycles. The van der Waals surface area contributed by atoms with Gasteiger partial charge in [-0.15, -0.1) is 11.3 Å². The number of hydrogen-bond acceptors (Lipinski definition) is 4. The smallest absolute Gasteiger partial charge is 0.182 e. The molecule has 1 aromatic carbocycles. The van der Waals surface area contributed by atoms with Crippen LogP contribution < -0.4 is 5.32 Å². The Hall–Kier alpha value is -1.86. The molecule has 0 aliphatic rings. The van der Waals surface area contributed by atoms with E-state index >= 15 is 0 Å². The van der Waals surface area contributed by atoms with Crippen LogP contribution >= 0.6 is 11.3 Å². The molecule has 0 atom stereocenters. The molecule has 4 heteroatoms. The first-order chi connectivity index (χ1) is 7.74. The van der Waals surface area contributed by atoms with E-state index in [4.69, 9.17) is 5.26 Å². The van der Waals surface area contributed by atoms with Crippen LogP contribution in [0, 0.1) is 18.3 Å². The van der Waals surface area contributed by atoms with Crippen molar-refractivity contribution in [1.29, 1.82) is 5.26 Å². The van der Waals surface area contributed by atoms with Gasteiger partial charge in [-0.25, -0.2) is 4.98 Å². The Bertz CT molecular complexity index is 552. The van der Waals surface area contributed by atoms with Gasteiger partial charge in [0.25, 0.3) is 0 Å². The number of aryl methyl sites for hydroxylation is 1. The van der Waals surface area contributed by atoms with Gasteiger partial charge in [-0.3, -0.25) is 0 Å². The second-order valence-electron chi connectivity index (χ2n) is 3.43. The third kappa shape index (κ3) is 1.90. The Kier molecular flexibility index (Phi) is 2.88. The van der Waals surface area contributed by atoms with Crippen LogP contribution in [0.5, 0.6) is 0 Å². The fourth-order valence-corrected chi connectivity index (χ4v) is 2.15. The van der Waals surface area contributed by atoms with Gasteiger partial charge in [-0.1, -0.05) is 6.07 Å². The number of benzene rings is 1. The lowest BCUT2D eigenvalue weighted by atomic mass is 10.0. The highest BCUT2D eigenvalue weighted by Crippen LogP contribution is 2.25. The number of nitrogens with zero attached hydrogens (tertiary/aromatic N) is 2. The van der Waals surface area contributed by atoms with Crippen molar-refractivity contribution in [3.8, 4) is 17.3 Å². The minimum absolute atomic E-state index is 0.716. The second-order valence-corrected chi connectivity index (χ2v) is 4.29. The summed E-state index contributed by atoms with van der Waals surface area (Å²) in [6.07, 6.45) is 0. The summed E-state index contributed by atoms with van der Waals surface area (Å²) in [7, 11) is 1.85. The third-order valence-electron chi connectivity index (χ3n) is 2.36. The van der Waals surface area contributed by atoms with Gasteiger partial charge in [0.2, 0.25) is 0 Å². The van der Waals surface area contributed by atoms with Crippen molar-refractivity contribution in [1.82, 2.24) is 4.98 Å². The number of aromatic nitrogens is 1. The van der Waals surface area contributed by atoms with Crippen molar-refractivity contribution >= 4 is 16.5 Å². The summed E-state index contributed by atoms with van der Waals surface area (Å²) in [5.74, 6) is 0. The van der Waals surface area contributed by atoms with Crippen molar-refractivity contribution in [2.45, 2.75) is 6.92 Å². The van der Waals surface area contributed by atoms with E-state index in [0.29, 0.717) is 5.56 Å². The van der Waals surface area contributed by atoms with Crippen LogP contribution in [-0.4, -0.2) is 12.0 Å². The molecular weight excluding hydrogens is 218 g/mol. The summed E-state index contributed by atoms with van der Waals surface area (Å²) in [6, 6.07) is 7.92. The van der Waals surface area contributed by atoms with E-state index in [-0.39, 0.29) is 0 Å². The SMILES string of the molecule is CNc1nc(-c2ccc(C#N)c(C)c2)cs1. The Labute approximate surface area is 98.4 Å². The third-order valence-corrected chi connectivity index (χ3v) is 3.22. The number of thiazole rings is 1. The summed E-state index contributed by atoms with van der Waals surface area (Å²) in [6.45, 7) is 1.94. The van der Waals surface area contributed by atoms with Crippen molar-refractivity contribution < 1.29 is 0 Å². The van der Waals surface area contributed by atoms with Crippen LogP contribution in [0.25, 0.3) is 11.3 Å². The maximum Gasteiger partial charge on any atom is 0.182 e. The number of anilines is 1. The van der Waals surface area contributed by atoms with Crippen LogP contribution in [-0.2, 0) is 0 Å². The first-order valence-electron chi connectivity index (χ1n) is 4.89. The summed E-state index contributed by atoms with van der Waals surface area (Å²) in [5, 5.41) is 14.8. The second kappa shape index (κ2) is 4.33. The van der Waals surface area contributed by atoms with Crippen LogP contribution in [0.15, 0.2) is 23.6 Å². The largest absolute Gasteiger partial charge is 0.365 e. The predicted octanol–water partition coefficient (Wildman–Crippen LogP) is 3.03. The molecule has 0 aliphatic carbocycles. The lowest BCUT2D eigenvalue weighted by Gasteiger charge is -2.00. The minimum atomic E-state index is 0.716. The van der Waals surface area contributed by atoms with Crippen molar-refractivity contribution in [3.05, 3.63) is 34.7 Å². The summed E-state index contributed by atoms with van der Waals surface area (Å²) >= 11 is 1.57. The number of nitriles is 1. The fraction of sp³-hybridized carbons (Fsp3) is 0.167. The highest BCUT2D eigenvalue weighted by atomic mass is 32.1. The fourth-order valence-electron chi connectivity index (χ4n) is 1.47. The first kappa shape index (κ1) is 10.7. The monoisotopic (exact) mass is 229 g/mol. The standard InChI is InChI=1S/C12H11N3S/c1-8-5-9(3-4-10(8)6-13)11-7-16-12(14-2)15-11/h3-5,7H,1-2H3,(H,14,15). The molecule has 0 bridgehead atoms. The van der Waals surface area contributed by atoms with Gasteiger partial charge in [0.05, 0.1) is 17.3 Å². The lowest BCUT2D eigenvalue weighted by Crippen LogP contribution is -1.87. The summed E-state index contributed by atoms with van der Waals surface area (Å²) in [5.41, 5.74) is 3.70. The predicted molar refractivity (Wildman–Crippen MR) is 66.5 cm³/mol. The molecule has 1 aromatic heterocycles. The van der Waals surface area contributed by atoms with Crippen LogP contribution in [0.3, 0.4) is 0 Å². The molecule has 3 nitrogen and oxygen atoms in total. The quantitative estimate of drug-likeness (QED) is 0.861. The van der Waals surface area contributed by atoms with Gasteiger partial charge in [-0.05, 0) is 24.6 Å². The Balaban J connectivity index is 2.42. The molecule has 0 fully saturated rings. The van der Waals surface area contributed by atoms with Gasteiger partial charge in [0.15, 0.2) is 5.13 Å². The number of hydrogen-bond donors (Lipinski definition) is 1. The molecule has 1 N–H and O–H groups in total. The molecule has 0 unspecified atom stereocenters. The van der Waals surface area contributed by atoms with Gasteiger partial charge < -0.3 is 5.32 Å². The van der Waals surface area contributed by atoms with Gasteiger partial charge >= 0.3 is 0 Å². The molecule has 0 radical (unpaired) electrons. The average Bonchev–Trinajstić information content (AvgIpc) is 2.77. The van der Waals surface area contributed by atoms with Crippen molar-refractivity contribution in [3.63, 3.8) is 0 Å². The van der Waals surface area contributed by atoms with E-state index in [0.717, 1.165) is 22.0 Å². The van der Waals surface area contributed by atoms with Gasteiger partial charge in [-0.2, -0.15) is 5.26 Å². The molecular formula is C12H11N3S. The summed E-state index contributed by atoms with van der Waals surface area (Å²) in [4.78, 5) is 4.42. The van der Waals surface area contributed by atoms with Gasteiger partial charge in [0, 0.05) is 18.0 Å². The Morgan fingerprint density at radius 1 is 1.44 bits per heavy atom. The van der Waals surface area contributed by atoms with Crippen molar-refractivity contribution in [2.75, 3.05) is 12.4 Å². The normalized spacial score (nSPS) is 9.81. The Morgan fingerprint density at radius 2 is 2.25 bits per heavy atom. The lowest BCUT2D eigenvalue weighted by molar-refractivity contribution is 1.34. The van der Waals surface area contributed by atoms with E-state index in [9.17, 15) is 0 Å². The van der Waals surface area contributed by atoms with Crippen LogP contribution in [0.2, 0.25) is 0 Å². The van der Waals surface area contributed by atoms with Gasteiger partial charge in [0.1, 0.15) is 0 Å². The zero-order valence-corrected chi connectivity index (χ0v) is 9.93. The van der Waals surface area contributed by atoms with Crippen LogP contribution in [0.1, 0.15) is 11.1 Å². The molecule has 16 heavy (non-hydrogen) atoms. The maximum absolute atomic E-state index is 8.85. The van der Waals surface area contributed by atoms with E-state index in [1.165, 1.54) is 0 Å². The number of nitrogens with one attached hydrogen (secondary N) is 1. The highest BCUT2D eigenvalue weighted by molar-refractivity contribution is 7.14.